The molecule has 2 saturated carbocycles. The van der Waals surface area contributed by atoms with Gasteiger partial charge in [0.2, 0.25) is 5.91 Å². The second-order valence-corrected chi connectivity index (χ2v) is 4.83. The summed E-state index contributed by atoms with van der Waals surface area (Å²) in [6, 6.07) is 0. The summed E-state index contributed by atoms with van der Waals surface area (Å²) in [6.45, 7) is 2.31. The molecule has 16 heavy (non-hydrogen) atoms. The number of nitrogens with two attached hydrogens (primary N) is 1. The molecule has 0 saturated heterocycles. The molecule has 2 unspecified atom stereocenters. The second-order valence-electron chi connectivity index (χ2n) is 4.83. The Bertz CT molecular complexity index is 233. The molecular weight excluding hydrogens is 204 g/mol. The minimum Gasteiger partial charge on any atom is -0.378 e. The molecule has 0 radical (unpaired) electrons. The van der Waals surface area contributed by atoms with E-state index in [1.165, 1.54) is 25.7 Å². The van der Waals surface area contributed by atoms with Gasteiger partial charge in [-0.25, -0.2) is 0 Å². The SMILES string of the molecule is NCCOCCNC(=O)C1C2CCCCC21. The molecular formula is C12H22N2O2. The van der Waals surface area contributed by atoms with Gasteiger partial charge in [0.05, 0.1) is 13.2 Å². The third kappa shape index (κ3) is 2.74. The van der Waals surface area contributed by atoms with Crippen molar-refractivity contribution in [2.45, 2.75) is 25.7 Å². The van der Waals surface area contributed by atoms with Crippen LogP contribution in [0.1, 0.15) is 25.7 Å². The van der Waals surface area contributed by atoms with E-state index in [1.807, 2.05) is 0 Å². The number of ether oxygens (including phenoxy) is 1. The highest BCUT2D eigenvalue weighted by molar-refractivity contribution is 5.82. The smallest absolute Gasteiger partial charge is 0.223 e. The molecule has 0 spiro atoms. The van der Waals surface area contributed by atoms with Gasteiger partial charge in [-0.1, -0.05) is 12.8 Å². The highest BCUT2D eigenvalue weighted by Crippen LogP contribution is 2.55. The fraction of sp³-hybridized carbons (Fsp3) is 0.917. The molecule has 92 valence electrons. The van der Waals surface area contributed by atoms with Crippen LogP contribution in [-0.4, -0.2) is 32.2 Å². The predicted molar refractivity (Wildman–Crippen MR) is 61.8 cm³/mol. The second kappa shape index (κ2) is 5.64. The lowest BCUT2D eigenvalue weighted by atomic mass is 10.0. The number of nitrogens with one attached hydrogen (secondary N) is 1. The maximum Gasteiger partial charge on any atom is 0.223 e. The molecule has 2 aliphatic carbocycles. The summed E-state index contributed by atoms with van der Waals surface area (Å²) in [5.41, 5.74) is 5.30. The lowest BCUT2D eigenvalue weighted by molar-refractivity contribution is -0.123. The Balaban J connectivity index is 1.58. The summed E-state index contributed by atoms with van der Waals surface area (Å²) in [6.07, 6.45) is 5.13. The summed E-state index contributed by atoms with van der Waals surface area (Å²) < 4.78 is 5.21. The summed E-state index contributed by atoms with van der Waals surface area (Å²) in [5.74, 6) is 1.95. The van der Waals surface area contributed by atoms with Crippen molar-refractivity contribution < 1.29 is 9.53 Å². The molecule has 3 N–H and O–H groups in total. The van der Waals surface area contributed by atoms with E-state index in [2.05, 4.69) is 5.32 Å². The van der Waals surface area contributed by atoms with Crippen LogP contribution in [0.2, 0.25) is 0 Å². The average molecular weight is 226 g/mol. The van der Waals surface area contributed by atoms with Gasteiger partial charge >= 0.3 is 0 Å². The lowest BCUT2D eigenvalue weighted by Crippen LogP contribution is -2.30. The Morgan fingerprint density at radius 3 is 2.56 bits per heavy atom. The number of fused-ring (bicyclic) bond motifs is 1. The molecule has 0 heterocycles. The number of hydrogen-bond donors (Lipinski definition) is 2. The first kappa shape index (κ1) is 11.9. The van der Waals surface area contributed by atoms with Crippen molar-refractivity contribution >= 4 is 5.91 Å². The van der Waals surface area contributed by atoms with Crippen LogP contribution in [0.4, 0.5) is 0 Å². The fourth-order valence-electron chi connectivity index (χ4n) is 2.93. The topological polar surface area (TPSA) is 64.3 Å². The van der Waals surface area contributed by atoms with Crippen molar-refractivity contribution in [3.8, 4) is 0 Å². The van der Waals surface area contributed by atoms with Crippen LogP contribution in [-0.2, 0) is 9.53 Å². The van der Waals surface area contributed by atoms with Crippen molar-refractivity contribution in [2.75, 3.05) is 26.3 Å². The monoisotopic (exact) mass is 226 g/mol. The van der Waals surface area contributed by atoms with Crippen molar-refractivity contribution in [3.63, 3.8) is 0 Å². The molecule has 0 aromatic carbocycles. The number of amides is 1. The van der Waals surface area contributed by atoms with E-state index in [0.717, 1.165) is 0 Å². The Morgan fingerprint density at radius 2 is 1.94 bits per heavy atom. The van der Waals surface area contributed by atoms with Crippen LogP contribution < -0.4 is 11.1 Å². The van der Waals surface area contributed by atoms with Gasteiger partial charge in [-0.2, -0.15) is 0 Å². The molecule has 2 fully saturated rings. The molecule has 2 rings (SSSR count). The minimum absolute atomic E-state index is 0.244. The summed E-state index contributed by atoms with van der Waals surface area (Å²) >= 11 is 0. The third-order valence-corrected chi connectivity index (χ3v) is 3.77. The van der Waals surface area contributed by atoms with Crippen molar-refractivity contribution in [2.24, 2.45) is 23.5 Å². The van der Waals surface area contributed by atoms with E-state index >= 15 is 0 Å². The maximum atomic E-state index is 11.8. The van der Waals surface area contributed by atoms with Crippen molar-refractivity contribution in [1.29, 1.82) is 0 Å². The van der Waals surface area contributed by atoms with Gasteiger partial charge in [0, 0.05) is 19.0 Å². The van der Waals surface area contributed by atoms with Gasteiger partial charge in [0.15, 0.2) is 0 Å². The maximum absolute atomic E-state index is 11.8. The Labute approximate surface area is 96.9 Å². The summed E-state index contributed by atoms with van der Waals surface area (Å²) in [7, 11) is 0. The van der Waals surface area contributed by atoms with Crippen LogP contribution in [0.3, 0.4) is 0 Å². The molecule has 0 aromatic rings. The van der Waals surface area contributed by atoms with Crippen LogP contribution >= 0.6 is 0 Å². The average Bonchev–Trinajstić information content (AvgIpc) is 3.02. The first-order valence-corrected chi connectivity index (χ1v) is 6.40. The van der Waals surface area contributed by atoms with E-state index < -0.39 is 0 Å². The molecule has 0 aromatic heterocycles. The van der Waals surface area contributed by atoms with E-state index in [1.54, 1.807) is 0 Å². The number of rotatable bonds is 6. The zero-order valence-corrected chi connectivity index (χ0v) is 9.78. The highest BCUT2D eigenvalue weighted by Gasteiger charge is 2.54. The van der Waals surface area contributed by atoms with Gasteiger partial charge in [-0.05, 0) is 24.7 Å². The Morgan fingerprint density at radius 1 is 1.25 bits per heavy atom. The van der Waals surface area contributed by atoms with Gasteiger partial charge in [0.1, 0.15) is 0 Å². The Hall–Kier alpha value is -0.610. The van der Waals surface area contributed by atoms with E-state index in [4.69, 9.17) is 10.5 Å². The molecule has 2 aliphatic rings. The molecule has 2 atom stereocenters. The van der Waals surface area contributed by atoms with Crippen LogP contribution in [0, 0.1) is 17.8 Å². The normalized spacial score (nSPS) is 31.9. The van der Waals surface area contributed by atoms with Gasteiger partial charge in [-0.15, -0.1) is 0 Å². The number of carbonyl (C=O) groups excluding carboxylic acids is 1. The Kier molecular flexibility index (Phi) is 4.18. The quantitative estimate of drug-likeness (QED) is 0.649. The van der Waals surface area contributed by atoms with Crippen LogP contribution in [0.5, 0.6) is 0 Å². The minimum atomic E-state index is 0.244. The van der Waals surface area contributed by atoms with Crippen molar-refractivity contribution in [3.05, 3.63) is 0 Å². The first-order valence-electron chi connectivity index (χ1n) is 6.40. The van der Waals surface area contributed by atoms with Crippen LogP contribution in [0.25, 0.3) is 0 Å². The fourth-order valence-corrected chi connectivity index (χ4v) is 2.93. The molecule has 4 nitrogen and oxygen atoms in total. The standard InChI is InChI=1S/C12H22N2O2/c13-5-7-16-8-6-14-12(15)11-9-3-1-2-4-10(9)11/h9-11H,1-8,13H2,(H,14,15). The molecule has 0 bridgehead atoms. The lowest BCUT2D eigenvalue weighted by Gasteiger charge is -2.05. The van der Waals surface area contributed by atoms with Gasteiger partial charge < -0.3 is 15.8 Å². The highest BCUT2D eigenvalue weighted by atomic mass is 16.5. The number of carbonyl (C=O) groups is 1. The van der Waals surface area contributed by atoms with E-state index in [-0.39, 0.29) is 5.91 Å². The summed E-state index contributed by atoms with van der Waals surface area (Å²) in [5, 5.41) is 2.96. The van der Waals surface area contributed by atoms with E-state index in [9.17, 15) is 4.79 Å². The summed E-state index contributed by atoms with van der Waals surface area (Å²) in [4.78, 5) is 11.8. The number of hydrogen-bond acceptors (Lipinski definition) is 3. The zero-order chi connectivity index (χ0) is 11.4. The van der Waals surface area contributed by atoms with Gasteiger partial charge in [0.25, 0.3) is 0 Å². The zero-order valence-electron chi connectivity index (χ0n) is 9.78. The molecule has 0 aliphatic heterocycles. The third-order valence-electron chi connectivity index (χ3n) is 3.77. The van der Waals surface area contributed by atoms with Gasteiger partial charge in [-0.3, -0.25) is 4.79 Å². The van der Waals surface area contributed by atoms with Crippen molar-refractivity contribution in [1.82, 2.24) is 5.32 Å². The molecule has 1 amide bonds. The van der Waals surface area contributed by atoms with Crippen LogP contribution in [0.15, 0.2) is 0 Å². The largest absolute Gasteiger partial charge is 0.378 e. The predicted octanol–water partition coefficient (Wildman–Crippen LogP) is 0.514. The molecule has 4 heteroatoms. The first-order chi connectivity index (χ1) is 7.84. The van der Waals surface area contributed by atoms with E-state index in [0.29, 0.717) is 44.1 Å².